The first kappa shape index (κ1) is 29.1. The SMILES string of the molecule is C/C=C\c1cc(-c2cncc(OC)n2)nc(CCc2ccc(C3CCC=C(C(=O)CC)CC3)c(C)c2)c1C(C)=O. The fraction of sp³-hybridized carbons (Fsp3) is 0.382. The minimum absolute atomic E-state index is 0.00620. The Morgan fingerprint density at radius 1 is 1.07 bits per heavy atom. The molecule has 0 spiro atoms. The summed E-state index contributed by atoms with van der Waals surface area (Å²) in [4.78, 5) is 38.6. The van der Waals surface area contributed by atoms with Gasteiger partial charge in [0.2, 0.25) is 5.88 Å². The Morgan fingerprint density at radius 3 is 2.60 bits per heavy atom. The molecule has 0 aliphatic heterocycles. The van der Waals surface area contributed by atoms with Gasteiger partial charge in [-0.3, -0.25) is 19.6 Å². The van der Waals surface area contributed by atoms with Crippen molar-refractivity contribution in [3.63, 3.8) is 0 Å². The van der Waals surface area contributed by atoms with Gasteiger partial charge in [-0.1, -0.05) is 43.4 Å². The summed E-state index contributed by atoms with van der Waals surface area (Å²) in [6.45, 7) is 7.65. The molecule has 2 aromatic heterocycles. The lowest BCUT2D eigenvalue weighted by Crippen LogP contribution is -2.09. The number of benzene rings is 1. The second-order valence-electron chi connectivity index (χ2n) is 10.4. The maximum absolute atomic E-state index is 12.8. The molecule has 1 unspecified atom stereocenters. The van der Waals surface area contributed by atoms with Crippen molar-refractivity contribution >= 4 is 17.6 Å². The van der Waals surface area contributed by atoms with Gasteiger partial charge in [0.1, 0.15) is 5.69 Å². The number of carbonyl (C=O) groups is 2. The van der Waals surface area contributed by atoms with Gasteiger partial charge in [0, 0.05) is 12.0 Å². The number of aryl methyl sites for hydroxylation is 3. The maximum Gasteiger partial charge on any atom is 0.232 e. The van der Waals surface area contributed by atoms with Crippen molar-refractivity contribution < 1.29 is 14.3 Å². The van der Waals surface area contributed by atoms with Crippen LogP contribution in [0.1, 0.15) is 97.1 Å². The number of hydrogen-bond donors (Lipinski definition) is 0. The van der Waals surface area contributed by atoms with Crippen LogP contribution in [-0.2, 0) is 17.6 Å². The molecule has 4 rings (SSSR count). The van der Waals surface area contributed by atoms with Gasteiger partial charge in [0.25, 0.3) is 0 Å². The van der Waals surface area contributed by atoms with E-state index in [-0.39, 0.29) is 11.6 Å². The molecule has 0 radical (unpaired) electrons. The quantitative estimate of drug-likeness (QED) is 0.250. The van der Waals surface area contributed by atoms with Crippen LogP contribution in [-0.4, -0.2) is 33.6 Å². The van der Waals surface area contributed by atoms with Crippen molar-refractivity contribution in [1.29, 1.82) is 0 Å². The number of rotatable bonds is 10. The van der Waals surface area contributed by atoms with Gasteiger partial charge in [-0.05, 0) is 99.1 Å². The molecule has 40 heavy (non-hydrogen) atoms. The van der Waals surface area contributed by atoms with E-state index in [2.05, 4.69) is 41.2 Å². The van der Waals surface area contributed by atoms with E-state index in [1.807, 2.05) is 32.1 Å². The first-order valence-corrected chi connectivity index (χ1v) is 14.2. The number of carbonyl (C=O) groups excluding carboxylic acids is 2. The zero-order chi connectivity index (χ0) is 28.6. The van der Waals surface area contributed by atoms with Crippen molar-refractivity contribution in [3.8, 4) is 17.3 Å². The minimum atomic E-state index is -0.00620. The Morgan fingerprint density at radius 2 is 1.90 bits per heavy atom. The number of hydrogen-bond acceptors (Lipinski definition) is 6. The van der Waals surface area contributed by atoms with Gasteiger partial charge in [0.15, 0.2) is 11.6 Å². The van der Waals surface area contributed by atoms with Crippen molar-refractivity contribution in [1.82, 2.24) is 15.0 Å². The number of ketones is 2. The van der Waals surface area contributed by atoms with Crippen molar-refractivity contribution in [2.24, 2.45) is 0 Å². The molecular weight excluding hydrogens is 498 g/mol. The third-order valence-electron chi connectivity index (χ3n) is 7.68. The molecular formula is C34H39N3O3. The summed E-state index contributed by atoms with van der Waals surface area (Å²) in [7, 11) is 1.56. The highest BCUT2D eigenvalue weighted by Gasteiger charge is 2.20. The number of pyridine rings is 1. The van der Waals surface area contributed by atoms with Gasteiger partial charge >= 0.3 is 0 Å². The molecule has 208 valence electrons. The summed E-state index contributed by atoms with van der Waals surface area (Å²) in [5, 5.41) is 0. The first-order chi connectivity index (χ1) is 19.3. The Labute approximate surface area is 237 Å². The average molecular weight is 538 g/mol. The van der Waals surface area contributed by atoms with E-state index in [0.717, 1.165) is 48.9 Å². The molecule has 0 fully saturated rings. The van der Waals surface area contributed by atoms with E-state index in [1.165, 1.54) is 16.7 Å². The highest BCUT2D eigenvalue weighted by molar-refractivity contribution is 5.99. The van der Waals surface area contributed by atoms with Gasteiger partial charge < -0.3 is 4.74 Å². The van der Waals surface area contributed by atoms with Crippen LogP contribution in [0.4, 0.5) is 0 Å². The van der Waals surface area contributed by atoms with Crippen LogP contribution in [0.5, 0.6) is 5.88 Å². The molecule has 0 amide bonds. The summed E-state index contributed by atoms with van der Waals surface area (Å²) < 4.78 is 5.26. The fourth-order valence-corrected chi connectivity index (χ4v) is 5.66. The number of ether oxygens (including phenoxy) is 1. The third-order valence-corrected chi connectivity index (χ3v) is 7.68. The Hall–Kier alpha value is -3.93. The maximum atomic E-state index is 12.8. The standard InChI is InChI=1S/C34H39N3O3/c1-6-9-27-19-30(31-20-35-21-33(37-31)40-5)36-29(34(27)23(4)38)17-13-24-12-16-28(22(3)18-24)25-10-8-11-26(15-14-25)32(39)7-2/h6,9,11-12,16,18-21,25H,7-8,10,13-15,17H2,1-5H3/b9-6-. The summed E-state index contributed by atoms with van der Waals surface area (Å²) in [6, 6.07) is 8.62. The molecule has 6 nitrogen and oxygen atoms in total. The largest absolute Gasteiger partial charge is 0.480 e. The van der Waals surface area contributed by atoms with Gasteiger partial charge in [-0.2, -0.15) is 0 Å². The molecule has 1 aromatic carbocycles. The number of aromatic nitrogens is 3. The summed E-state index contributed by atoms with van der Waals surface area (Å²) >= 11 is 0. The summed E-state index contributed by atoms with van der Waals surface area (Å²) in [6.07, 6.45) is 15.1. The van der Waals surface area contributed by atoms with E-state index in [9.17, 15) is 9.59 Å². The molecule has 0 saturated carbocycles. The van der Waals surface area contributed by atoms with Crippen molar-refractivity contribution in [2.75, 3.05) is 7.11 Å². The number of Topliss-reactive ketones (excluding diaryl/α,β-unsaturated/α-hetero) is 2. The summed E-state index contributed by atoms with van der Waals surface area (Å²) in [5.74, 6) is 1.15. The van der Waals surface area contributed by atoms with E-state index in [4.69, 9.17) is 9.72 Å². The van der Waals surface area contributed by atoms with Crippen LogP contribution < -0.4 is 4.74 Å². The summed E-state index contributed by atoms with van der Waals surface area (Å²) in [5.41, 5.74) is 8.37. The number of allylic oxidation sites excluding steroid dienone is 3. The number of methoxy groups -OCH3 is 1. The van der Waals surface area contributed by atoms with Crippen LogP contribution in [0.15, 0.2) is 54.4 Å². The molecule has 2 heterocycles. The Balaban J connectivity index is 1.58. The van der Waals surface area contributed by atoms with Crippen molar-refractivity contribution in [3.05, 3.63) is 87.9 Å². The van der Waals surface area contributed by atoms with Crippen LogP contribution >= 0.6 is 0 Å². The highest BCUT2D eigenvalue weighted by Crippen LogP contribution is 2.34. The highest BCUT2D eigenvalue weighted by atomic mass is 16.5. The Kier molecular flexibility index (Phi) is 9.75. The van der Waals surface area contributed by atoms with Crippen LogP contribution in [0.3, 0.4) is 0 Å². The van der Waals surface area contributed by atoms with Crippen LogP contribution in [0.2, 0.25) is 0 Å². The van der Waals surface area contributed by atoms with Crippen LogP contribution in [0.25, 0.3) is 17.5 Å². The van der Waals surface area contributed by atoms with Gasteiger partial charge in [-0.25, -0.2) is 4.98 Å². The second kappa shape index (κ2) is 13.4. The number of nitrogens with zero attached hydrogens (tertiary/aromatic N) is 3. The monoisotopic (exact) mass is 537 g/mol. The molecule has 1 aliphatic rings. The lowest BCUT2D eigenvalue weighted by Gasteiger charge is -2.19. The topological polar surface area (TPSA) is 82.0 Å². The smallest absolute Gasteiger partial charge is 0.232 e. The average Bonchev–Trinajstić information content (AvgIpc) is 3.22. The predicted molar refractivity (Wildman–Crippen MR) is 160 cm³/mol. The van der Waals surface area contributed by atoms with Gasteiger partial charge in [0.05, 0.1) is 30.9 Å². The third kappa shape index (κ3) is 6.79. The molecule has 1 aliphatic carbocycles. The lowest BCUT2D eigenvalue weighted by atomic mass is 9.86. The van der Waals surface area contributed by atoms with Crippen molar-refractivity contribution in [2.45, 2.75) is 78.6 Å². The van der Waals surface area contributed by atoms with Crippen LogP contribution in [0, 0.1) is 6.92 Å². The van der Waals surface area contributed by atoms with Gasteiger partial charge in [-0.15, -0.1) is 0 Å². The molecule has 0 saturated heterocycles. The Bertz CT molecular complexity index is 1450. The fourth-order valence-electron chi connectivity index (χ4n) is 5.66. The minimum Gasteiger partial charge on any atom is -0.480 e. The molecule has 0 N–H and O–H groups in total. The molecule has 1 atom stereocenters. The zero-order valence-electron chi connectivity index (χ0n) is 24.3. The predicted octanol–water partition coefficient (Wildman–Crippen LogP) is 7.44. The van der Waals surface area contributed by atoms with E-state index in [1.54, 1.807) is 26.4 Å². The van der Waals surface area contributed by atoms with E-state index in [0.29, 0.717) is 41.6 Å². The second-order valence-corrected chi connectivity index (χ2v) is 10.4. The van der Waals surface area contributed by atoms with E-state index >= 15 is 0 Å². The zero-order valence-corrected chi connectivity index (χ0v) is 24.3. The molecule has 6 heteroatoms. The lowest BCUT2D eigenvalue weighted by molar-refractivity contribution is -0.115. The molecule has 0 bridgehead atoms. The first-order valence-electron chi connectivity index (χ1n) is 14.2. The molecule has 3 aromatic rings. The van der Waals surface area contributed by atoms with E-state index < -0.39 is 0 Å². The normalized spacial score (nSPS) is 15.5.